The first-order valence-electron chi connectivity index (χ1n) is 7.03. The van der Waals surface area contributed by atoms with Gasteiger partial charge in [0.15, 0.2) is 5.58 Å². The zero-order valence-electron chi connectivity index (χ0n) is 11.9. The first kappa shape index (κ1) is 14.2. The number of fused-ring (bicyclic) bond motifs is 1. The van der Waals surface area contributed by atoms with E-state index in [0.29, 0.717) is 10.9 Å². The van der Waals surface area contributed by atoms with Crippen molar-refractivity contribution in [3.8, 4) is 10.6 Å². The first-order valence-corrected chi connectivity index (χ1v) is 8.29. The number of rotatable bonds is 3. The summed E-state index contributed by atoms with van der Waals surface area (Å²) in [7, 11) is 0. The summed E-state index contributed by atoms with van der Waals surface area (Å²) in [4.78, 5) is 9.00. The molecule has 2 heterocycles. The number of hydrogen-bond donors (Lipinski definition) is 0. The molecule has 0 atom stereocenters. The third-order valence-corrected chi connectivity index (χ3v) is 4.45. The van der Waals surface area contributed by atoms with E-state index in [-0.39, 0.29) is 0 Å². The highest BCUT2D eigenvalue weighted by molar-refractivity contribution is 7.13. The van der Waals surface area contributed by atoms with Gasteiger partial charge in [0, 0.05) is 22.0 Å². The zero-order valence-corrected chi connectivity index (χ0v) is 13.5. The highest BCUT2D eigenvalue weighted by Gasteiger charge is 2.05. The van der Waals surface area contributed by atoms with Crippen LogP contribution in [0.3, 0.4) is 0 Å². The largest absolute Gasteiger partial charge is 0.437 e. The maximum absolute atomic E-state index is 5.95. The van der Waals surface area contributed by atoms with Crippen LogP contribution in [-0.2, 0) is 0 Å². The van der Waals surface area contributed by atoms with Crippen LogP contribution >= 0.6 is 22.9 Å². The first-order chi connectivity index (χ1) is 11.3. The average molecular weight is 339 g/mol. The molecule has 0 fully saturated rings. The van der Waals surface area contributed by atoms with E-state index in [1.807, 2.05) is 41.8 Å². The lowest BCUT2D eigenvalue weighted by atomic mass is 10.2. The summed E-state index contributed by atoms with van der Waals surface area (Å²) in [6.45, 7) is 0. The molecule has 2 aromatic heterocycles. The minimum absolute atomic E-state index is 0.538. The summed E-state index contributed by atoms with van der Waals surface area (Å²) >= 11 is 7.57. The topological polar surface area (TPSA) is 38.9 Å². The number of hydrogen-bond acceptors (Lipinski definition) is 4. The van der Waals surface area contributed by atoms with Crippen molar-refractivity contribution >= 4 is 46.2 Å². The average Bonchev–Trinajstić information content (AvgIpc) is 3.20. The summed E-state index contributed by atoms with van der Waals surface area (Å²) in [6.07, 6.45) is 3.72. The van der Waals surface area contributed by atoms with Gasteiger partial charge in [-0.25, -0.2) is 9.97 Å². The van der Waals surface area contributed by atoms with Gasteiger partial charge in [-0.2, -0.15) is 0 Å². The maximum Gasteiger partial charge on any atom is 0.220 e. The van der Waals surface area contributed by atoms with E-state index in [4.69, 9.17) is 16.0 Å². The van der Waals surface area contributed by atoms with E-state index in [1.165, 1.54) is 0 Å². The van der Waals surface area contributed by atoms with Gasteiger partial charge in [0.05, 0.1) is 5.69 Å². The fourth-order valence-electron chi connectivity index (χ4n) is 2.22. The molecule has 3 nitrogen and oxygen atoms in total. The molecule has 112 valence electrons. The summed E-state index contributed by atoms with van der Waals surface area (Å²) in [5.41, 5.74) is 3.47. The van der Waals surface area contributed by atoms with E-state index in [0.717, 1.165) is 27.4 Å². The lowest BCUT2D eigenvalue weighted by molar-refractivity contribution is 0.589. The molecule has 0 radical (unpaired) electrons. The SMILES string of the molecule is Clc1ccc2oc(C=Cc3csc(-c4ccccc4)n3)nc2c1. The molecular weight excluding hydrogens is 328 g/mol. The van der Waals surface area contributed by atoms with E-state index < -0.39 is 0 Å². The minimum Gasteiger partial charge on any atom is -0.437 e. The second-order valence-electron chi connectivity index (χ2n) is 4.94. The summed E-state index contributed by atoms with van der Waals surface area (Å²) in [5.74, 6) is 0.538. The molecule has 4 aromatic rings. The van der Waals surface area contributed by atoms with Crippen LogP contribution in [0, 0.1) is 0 Å². The number of halogens is 1. The molecule has 0 aliphatic rings. The van der Waals surface area contributed by atoms with Gasteiger partial charge in [-0.15, -0.1) is 11.3 Å². The van der Waals surface area contributed by atoms with Crippen LogP contribution in [0.2, 0.25) is 5.02 Å². The Morgan fingerprint density at radius 3 is 2.74 bits per heavy atom. The third kappa shape index (κ3) is 3.04. The summed E-state index contributed by atoms with van der Waals surface area (Å²) < 4.78 is 5.66. The third-order valence-electron chi connectivity index (χ3n) is 3.31. The Bertz CT molecular complexity index is 989. The number of benzene rings is 2. The monoisotopic (exact) mass is 338 g/mol. The number of nitrogens with zero attached hydrogens (tertiary/aromatic N) is 2. The van der Waals surface area contributed by atoms with Gasteiger partial charge in [0.1, 0.15) is 10.5 Å². The lowest BCUT2D eigenvalue weighted by Crippen LogP contribution is -1.76. The van der Waals surface area contributed by atoms with E-state index in [1.54, 1.807) is 23.5 Å². The van der Waals surface area contributed by atoms with Crippen molar-refractivity contribution < 1.29 is 4.42 Å². The second-order valence-corrected chi connectivity index (χ2v) is 6.24. The fourth-order valence-corrected chi connectivity index (χ4v) is 3.18. The molecule has 0 saturated carbocycles. The second kappa shape index (κ2) is 5.99. The summed E-state index contributed by atoms with van der Waals surface area (Å²) in [6, 6.07) is 15.5. The molecular formula is C18H11ClN2OS. The van der Waals surface area contributed by atoms with Crippen molar-refractivity contribution in [1.82, 2.24) is 9.97 Å². The predicted molar refractivity (Wildman–Crippen MR) is 95.5 cm³/mol. The van der Waals surface area contributed by atoms with Crippen LogP contribution < -0.4 is 0 Å². The molecule has 0 aliphatic carbocycles. The van der Waals surface area contributed by atoms with Gasteiger partial charge in [-0.3, -0.25) is 0 Å². The molecule has 0 unspecified atom stereocenters. The van der Waals surface area contributed by atoms with Crippen molar-refractivity contribution in [1.29, 1.82) is 0 Å². The Morgan fingerprint density at radius 1 is 1.00 bits per heavy atom. The Labute approximate surface area is 141 Å². The van der Waals surface area contributed by atoms with E-state index in [9.17, 15) is 0 Å². The van der Waals surface area contributed by atoms with E-state index in [2.05, 4.69) is 22.1 Å². The van der Waals surface area contributed by atoms with Crippen molar-refractivity contribution in [2.45, 2.75) is 0 Å². The Morgan fingerprint density at radius 2 is 1.87 bits per heavy atom. The van der Waals surface area contributed by atoms with Crippen LogP contribution in [0.5, 0.6) is 0 Å². The molecule has 0 bridgehead atoms. The van der Waals surface area contributed by atoms with Crippen molar-refractivity contribution in [3.63, 3.8) is 0 Å². The Balaban J connectivity index is 1.59. The number of oxazole rings is 1. The van der Waals surface area contributed by atoms with Crippen LogP contribution in [0.25, 0.3) is 33.8 Å². The zero-order chi connectivity index (χ0) is 15.6. The molecule has 4 rings (SSSR count). The molecule has 0 saturated heterocycles. The van der Waals surface area contributed by atoms with Crippen LogP contribution in [0.4, 0.5) is 0 Å². The fraction of sp³-hybridized carbons (Fsp3) is 0. The van der Waals surface area contributed by atoms with Crippen LogP contribution in [0.1, 0.15) is 11.6 Å². The predicted octanol–water partition coefficient (Wildman–Crippen LogP) is 5.78. The molecule has 23 heavy (non-hydrogen) atoms. The number of thiazole rings is 1. The van der Waals surface area contributed by atoms with Gasteiger partial charge in [-0.1, -0.05) is 41.9 Å². The van der Waals surface area contributed by atoms with Crippen molar-refractivity contribution in [2.24, 2.45) is 0 Å². The Kier molecular flexibility index (Phi) is 3.69. The highest BCUT2D eigenvalue weighted by Crippen LogP contribution is 2.25. The van der Waals surface area contributed by atoms with Crippen LogP contribution in [0.15, 0.2) is 58.3 Å². The van der Waals surface area contributed by atoms with E-state index >= 15 is 0 Å². The molecule has 0 N–H and O–H groups in total. The van der Waals surface area contributed by atoms with Gasteiger partial charge in [-0.05, 0) is 24.3 Å². The van der Waals surface area contributed by atoms with Gasteiger partial charge in [0.2, 0.25) is 5.89 Å². The van der Waals surface area contributed by atoms with Gasteiger partial charge >= 0.3 is 0 Å². The highest BCUT2D eigenvalue weighted by atomic mass is 35.5. The lowest BCUT2D eigenvalue weighted by Gasteiger charge is -1.92. The van der Waals surface area contributed by atoms with Crippen LogP contribution in [-0.4, -0.2) is 9.97 Å². The van der Waals surface area contributed by atoms with Gasteiger partial charge < -0.3 is 4.42 Å². The summed E-state index contributed by atoms with van der Waals surface area (Å²) in [5, 5.41) is 3.65. The number of aromatic nitrogens is 2. The standard InChI is InChI=1S/C18H11ClN2OS/c19-13-6-8-16-15(10-13)21-17(22-16)9-7-14-11-23-18(20-14)12-4-2-1-3-5-12/h1-11H. The maximum atomic E-state index is 5.95. The molecule has 2 aromatic carbocycles. The van der Waals surface area contributed by atoms with Gasteiger partial charge in [0.25, 0.3) is 0 Å². The quantitative estimate of drug-likeness (QED) is 0.475. The normalized spacial score (nSPS) is 11.5. The molecule has 0 aliphatic heterocycles. The molecule has 0 spiro atoms. The van der Waals surface area contributed by atoms with Crippen molar-refractivity contribution in [2.75, 3.05) is 0 Å². The minimum atomic E-state index is 0.538. The smallest absolute Gasteiger partial charge is 0.220 e. The molecule has 0 amide bonds. The Hall–Kier alpha value is -2.43. The molecule has 5 heteroatoms. The van der Waals surface area contributed by atoms with Crippen molar-refractivity contribution in [3.05, 3.63) is 70.5 Å².